The zero-order valence-corrected chi connectivity index (χ0v) is 9.91. The van der Waals surface area contributed by atoms with E-state index in [1.807, 2.05) is 0 Å². The first-order valence-corrected chi connectivity index (χ1v) is 5.45. The summed E-state index contributed by atoms with van der Waals surface area (Å²) in [7, 11) is 0. The lowest BCUT2D eigenvalue weighted by Gasteiger charge is -2.13. The topological polar surface area (TPSA) is 46.2 Å². The molecule has 1 aromatic carbocycles. The number of carbonyl (C=O) groups is 2. The Kier molecular flexibility index (Phi) is 3.11. The van der Waals surface area contributed by atoms with Crippen molar-refractivity contribution in [2.75, 3.05) is 5.32 Å². The van der Waals surface area contributed by atoms with Crippen LogP contribution in [0, 0.1) is 0 Å². The Hall–Kier alpha value is -1.87. The zero-order valence-electron chi connectivity index (χ0n) is 9.16. The van der Waals surface area contributed by atoms with Crippen molar-refractivity contribution in [1.29, 1.82) is 0 Å². The van der Waals surface area contributed by atoms with Gasteiger partial charge < -0.3 is 5.32 Å². The number of hydrogen-bond acceptors (Lipinski definition) is 3. The molecule has 0 spiro atoms. The smallest absolute Gasteiger partial charge is 0.205 e. The van der Waals surface area contributed by atoms with Crippen LogP contribution in [-0.4, -0.2) is 11.6 Å². The molecule has 1 aliphatic carbocycles. The second kappa shape index (κ2) is 4.55. The second-order valence-electron chi connectivity index (χ2n) is 3.75. The SMILES string of the molecule is CC1=CC(=O)C=C(Nc2ccc(Cl)cc2)C1=O. The summed E-state index contributed by atoms with van der Waals surface area (Å²) in [5, 5.41) is 3.53. The molecule has 0 radical (unpaired) electrons. The van der Waals surface area contributed by atoms with E-state index in [1.54, 1.807) is 31.2 Å². The molecule has 0 aromatic heterocycles. The van der Waals surface area contributed by atoms with Crippen molar-refractivity contribution in [1.82, 2.24) is 0 Å². The highest BCUT2D eigenvalue weighted by molar-refractivity contribution is 6.30. The fraction of sp³-hybridized carbons (Fsp3) is 0.0769. The number of anilines is 1. The molecular formula is C13H10ClNO2. The van der Waals surface area contributed by atoms with Gasteiger partial charge in [0.1, 0.15) is 0 Å². The Morgan fingerprint density at radius 1 is 1.06 bits per heavy atom. The number of ketones is 2. The predicted molar refractivity (Wildman–Crippen MR) is 66.9 cm³/mol. The van der Waals surface area contributed by atoms with Crippen LogP contribution >= 0.6 is 11.6 Å². The first-order chi connectivity index (χ1) is 8.06. The van der Waals surface area contributed by atoms with Gasteiger partial charge in [0.05, 0.1) is 5.70 Å². The van der Waals surface area contributed by atoms with E-state index in [4.69, 9.17) is 11.6 Å². The number of nitrogens with one attached hydrogen (secondary N) is 1. The van der Waals surface area contributed by atoms with E-state index in [-0.39, 0.29) is 17.3 Å². The highest BCUT2D eigenvalue weighted by Crippen LogP contribution is 2.18. The van der Waals surface area contributed by atoms with Crippen LogP contribution in [0.5, 0.6) is 0 Å². The number of benzene rings is 1. The molecule has 4 heteroatoms. The molecule has 1 aromatic rings. The van der Waals surface area contributed by atoms with Crippen LogP contribution in [0.2, 0.25) is 5.02 Å². The van der Waals surface area contributed by atoms with Gasteiger partial charge in [-0.1, -0.05) is 11.6 Å². The van der Waals surface area contributed by atoms with Crippen LogP contribution in [0.3, 0.4) is 0 Å². The molecule has 0 fully saturated rings. The van der Waals surface area contributed by atoms with Gasteiger partial charge in [0.2, 0.25) is 5.78 Å². The summed E-state index contributed by atoms with van der Waals surface area (Å²) < 4.78 is 0. The maximum atomic E-state index is 11.8. The molecule has 0 atom stereocenters. The first-order valence-electron chi connectivity index (χ1n) is 5.07. The van der Waals surface area contributed by atoms with E-state index in [1.165, 1.54) is 12.2 Å². The summed E-state index contributed by atoms with van der Waals surface area (Å²) in [4.78, 5) is 23.1. The number of halogens is 1. The summed E-state index contributed by atoms with van der Waals surface area (Å²) in [5.74, 6) is -0.349. The molecule has 0 aliphatic heterocycles. The molecule has 3 nitrogen and oxygen atoms in total. The molecular weight excluding hydrogens is 238 g/mol. The average Bonchev–Trinajstić information content (AvgIpc) is 2.28. The van der Waals surface area contributed by atoms with E-state index in [2.05, 4.69) is 5.32 Å². The van der Waals surface area contributed by atoms with Gasteiger partial charge in [-0.2, -0.15) is 0 Å². The van der Waals surface area contributed by atoms with Gasteiger partial charge in [-0.15, -0.1) is 0 Å². The highest BCUT2D eigenvalue weighted by Gasteiger charge is 2.18. The summed E-state index contributed by atoms with van der Waals surface area (Å²) in [6.07, 6.45) is 2.62. The zero-order chi connectivity index (χ0) is 12.4. The van der Waals surface area contributed by atoms with Gasteiger partial charge in [-0.3, -0.25) is 9.59 Å². The van der Waals surface area contributed by atoms with Crippen LogP contribution in [0.4, 0.5) is 5.69 Å². The Balaban J connectivity index is 2.22. The average molecular weight is 248 g/mol. The van der Waals surface area contributed by atoms with Crippen LogP contribution in [0.15, 0.2) is 47.7 Å². The lowest BCUT2D eigenvalue weighted by Crippen LogP contribution is -2.18. The van der Waals surface area contributed by atoms with E-state index in [0.29, 0.717) is 10.6 Å². The quantitative estimate of drug-likeness (QED) is 0.818. The van der Waals surface area contributed by atoms with Crippen LogP contribution < -0.4 is 5.32 Å². The van der Waals surface area contributed by atoms with Gasteiger partial charge in [0.25, 0.3) is 0 Å². The molecule has 0 saturated carbocycles. The molecule has 86 valence electrons. The minimum atomic E-state index is -0.182. The number of carbonyl (C=O) groups excluding carboxylic acids is 2. The van der Waals surface area contributed by atoms with Crippen LogP contribution in [-0.2, 0) is 9.59 Å². The van der Waals surface area contributed by atoms with Crippen molar-refractivity contribution in [2.45, 2.75) is 6.92 Å². The van der Waals surface area contributed by atoms with E-state index >= 15 is 0 Å². The number of Topliss-reactive ketones (excluding diaryl/α,β-unsaturated/α-hetero) is 1. The first kappa shape index (κ1) is 11.6. The van der Waals surface area contributed by atoms with E-state index < -0.39 is 0 Å². The Morgan fingerprint density at radius 2 is 1.71 bits per heavy atom. The summed E-state index contributed by atoms with van der Waals surface area (Å²) in [6.45, 7) is 1.62. The van der Waals surface area contributed by atoms with Gasteiger partial charge in [-0.05, 0) is 37.3 Å². The third-order valence-electron chi connectivity index (χ3n) is 2.37. The fourth-order valence-electron chi connectivity index (χ4n) is 1.52. The number of allylic oxidation sites excluding steroid dienone is 3. The van der Waals surface area contributed by atoms with Crippen LogP contribution in [0.1, 0.15) is 6.92 Å². The van der Waals surface area contributed by atoms with Gasteiger partial charge >= 0.3 is 0 Å². The maximum Gasteiger partial charge on any atom is 0.205 e. The van der Waals surface area contributed by atoms with Crippen molar-refractivity contribution in [3.8, 4) is 0 Å². The van der Waals surface area contributed by atoms with Gasteiger partial charge in [0, 0.05) is 22.4 Å². The molecule has 1 N–H and O–H groups in total. The van der Waals surface area contributed by atoms with Gasteiger partial charge in [0.15, 0.2) is 5.78 Å². The van der Waals surface area contributed by atoms with Crippen LogP contribution in [0.25, 0.3) is 0 Å². The van der Waals surface area contributed by atoms with Gasteiger partial charge in [-0.25, -0.2) is 0 Å². The predicted octanol–water partition coefficient (Wildman–Crippen LogP) is 2.73. The Bertz CT molecular complexity index is 541. The molecule has 0 bridgehead atoms. The van der Waals surface area contributed by atoms with Crippen molar-refractivity contribution in [2.24, 2.45) is 0 Å². The lowest BCUT2D eigenvalue weighted by molar-refractivity contribution is -0.115. The Morgan fingerprint density at radius 3 is 2.35 bits per heavy atom. The lowest BCUT2D eigenvalue weighted by atomic mass is 10.0. The molecule has 1 aliphatic rings. The van der Waals surface area contributed by atoms with Crippen molar-refractivity contribution in [3.05, 3.63) is 52.7 Å². The van der Waals surface area contributed by atoms with Crippen molar-refractivity contribution in [3.63, 3.8) is 0 Å². The fourth-order valence-corrected chi connectivity index (χ4v) is 1.65. The molecule has 0 saturated heterocycles. The number of hydrogen-bond donors (Lipinski definition) is 1. The summed E-state index contributed by atoms with van der Waals surface area (Å²) in [5.41, 5.74) is 1.45. The summed E-state index contributed by atoms with van der Waals surface area (Å²) >= 11 is 5.76. The monoisotopic (exact) mass is 247 g/mol. The van der Waals surface area contributed by atoms with Crippen molar-refractivity contribution >= 4 is 28.9 Å². The maximum absolute atomic E-state index is 11.8. The molecule has 17 heavy (non-hydrogen) atoms. The second-order valence-corrected chi connectivity index (χ2v) is 4.19. The minimum Gasteiger partial charge on any atom is -0.352 e. The molecule has 0 heterocycles. The van der Waals surface area contributed by atoms with E-state index in [9.17, 15) is 9.59 Å². The number of rotatable bonds is 2. The highest BCUT2D eigenvalue weighted by atomic mass is 35.5. The standard InChI is InChI=1S/C13H10ClNO2/c1-8-6-11(16)7-12(13(8)17)15-10-4-2-9(14)3-5-10/h2-7,15H,1H3. The largest absolute Gasteiger partial charge is 0.352 e. The third-order valence-corrected chi connectivity index (χ3v) is 2.62. The molecule has 2 rings (SSSR count). The van der Waals surface area contributed by atoms with E-state index in [0.717, 1.165) is 5.69 Å². The normalized spacial score (nSPS) is 15.4. The third kappa shape index (κ3) is 2.63. The Labute approximate surface area is 104 Å². The minimum absolute atomic E-state index is 0.167. The summed E-state index contributed by atoms with van der Waals surface area (Å²) in [6, 6.07) is 6.91. The molecule has 0 amide bonds. The molecule has 0 unspecified atom stereocenters. The van der Waals surface area contributed by atoms with Crippen molar-refractivity contribution < 1.29 is 9.59 Å².